The number of carbonyl (C=O) groups is 1. The summed E-state index contributed by atoms with van der Waals surface area (Å²) in [4.78, 5) is 11.0. The van der Waals surface area contributed by atoms with Crippen LogP contribution in [0, 0.1) is 3.57 Å². The monoisotopic (exact) mass is 347 g/mol. The summed E-state index contributed by atoms with van der Waals surface area (Å²) in [6, 6.07) is 7.64. The number of benzene rings is 1. The van der Waals surface area contributed by atoms with Crippen LogP contribution in [0.2, 0.25) is 0 Å². The van der Waals surface area contributed by atoms with Gasteiger partial charge in [0.15, 0.2) is 0 Å². The highest BCUT2D eigenvalue weighted by atomic mass is 127. The zero-order valence-corrected chi connectivity index (χ0v) is 12.1. The largest absolute Gasteiger partial charge is 0.480 e. The number of rotatable bonds is 7. The third kappa shape index (κ3) is 5.50. The highest BCUT2D eigenvalue weighted by molar-refractivity contribution is 14.1. The Balaban J connectivity index is 2.48. The molecule has 0 bridgehead atoms. The Kier molecular flexibility index (Phi) is 6.50. The van der Waals surface area contributed by atoms with Crippen LogP contribution in [-0.4, -0.2) is 17.1 Å². The molecule has 0 radical (unpaired) electrons. The summed E-state index contributed by atoms with van der Waals surface area (Å²) < 4.78 is 1.17. The van der Waals surface area contributed by atoms with Crippen LogP contribution in [0.5, 0.6) is 0 Å². The lowest BCUT2D eigenvalue weighted by Gasteiger charge is -2.14. The molecule has 1 atom stereocenters. The zero-order valence-electron chi connectivity index (χ0n) is 9.95. The van der Waals surface area contributed by atoms with Gasteiger partial charge in [0.25, 0.3) is 0 Å². The summed E-state index contributed by atoms with van der Waals surface area (Å²) in [5.41, 5.74) is 1.12. The van der Waals surface area contributed by atoms with Gasteiger partial charge in [-0.05, 0) is 46.7 Å². The van der Waals surface area contributed by atoms with Crippen molar-refractivity contribution in [1.82, 2.24) is 5.32 Å². The van der Waals surface area contributed by atoms with E-state index in [0.717, 1.165) is 18.4 Å². The molecule has 0 aromatic heterocycles. The minimum absolute atomic E-state index is 0.437. The maximum atomic E-state index is 11.0. The molecule has 17 heavy (non-hydrogen) atoms. The predicted octanol–water partition coefficient (Wildman–Crippen LogP) is 3.02. The number of hydrogen-bond acceptors (Lipinski definition) is 2. The number of carboxylic acid groups (broad SMARTS) is 1. The Labute approximate surface area is 116 Å². The highest BCUT2D eigenvalue weighted by Crippen LogP contribution is 2.08. The molecule has 0 heterocycles. The normalized spacial score (nSPS) is 12.4. The molecule has 1 aromatic rings. The Bertz CT molecular complexity index is 368. The molecule has 0 fully saturated rings. The van der Waals surface area contributed by atoms with Crippen LogP contribution in [0.1, 0.15) is 31.7 Å². The first kappa shape index (κ1) is 14.4. The van der Waals surface area contributed by atoms with Crippen LogP contribution in [0.4, 0.5) is 0 Å². The fourth-order valence-electron chi connectivity index (χ4n) is 1.61. The van der Waals surface area contributed by atoms with Gasteiger partial charge in [-0.15, -0.1) is 0 Å². The van der Waals surface area contributed by atoms with Crippen molar-refractivity contribution in [3.05, 3.63) is 33.4 Å². The van der Waals surface area contributed by atoms with Gasteiger partial charge in [0.2, 0.25) is 0 Å². The SMILES string of the molecule is CCCCC(NCc1cccc(I)c1)C(=O)O. The first-order valence-corrected chi connectivity index (χ1v) is 6.92. The summed E-state index contributed by atoms with van der Waals surface area (Å²) in [6.45, 7) is 2.68. The molecule has 94 valence electrons. The topological polar surface area (TPSA) is 49.3 Å². The number of nitrogens with one attached hydrogen (secondary N) is 1. The molecule has 0 saturated heterocycles. The van der Waals surface area contributed by atoms with Crippen LogP contribution in [0.15, 0.2) is 24.3 Å². The predicted molar refractivity (Wildman–Crippen MR) is 76.9 cm³/mol. The minimum Gasteiger partial charge on any atom is -0.480 e. The smallest absolute Gasteiger partial charge is 0.320 e. The average Bonchev–Trinajstić information content (AvgIpc) is 2.28. The molecule has 3 nitrogen and oxygen atoms in total. The molecule has 0 aliphatic rings. The van der Waals surface area contributed by atoms with Gasteiger partial charge in [-0.1, -0.05) is 31.9 Å². The number of unbranched alkanes of at least 4 members (excludes halogenated alkanes) is 1. The third-order valence-corrected chi connectivity index (χ3v) is 3.26. The summed E-state index contributed by atoms with van der Waals surface area (Å²) in [6.07, 6.45) is 2.65. The van der Waals surface area contributed by atoms with Gasteiger partial charge in [-0.2, -0.15) is 0 Å². The zero-order chi connectivity index (χ0) is 12.7. The molecule has 0 amide bonds. The molecule has 1 unspecified atom stereocenters. The fourth-order valence-corrected chi connectivity index (χ4v) is 2.22. The lowest BCUT2D eigenvalue weighted by molar-refractivity contribution is -0.139. The summed E-state index contributed by atoms with van der Waals surface area (Å²) in [7, 11) is 0. The second kappa shape index (κ2) is 7.66. The van der Waals surface area contributed by atoms with E-state index in [1.807, 2.05) is 18.2 Å². The van der Waals surface area contributed by atoms with Gasteiger partial charge in [0.05, 0.1) is 0 Å². The fraction of sp³-hybridized carbons (Fsp3) is 0.462. The van der Waals surface area contributed by atoms with Crippen molar-refractivity contribution >= 4 is 28.6 Å². The van der Waals surface area contributed by atoms with E-state index in [9.17, 15) is 4.79 Å². The molecule has 0 spiro atoms. The molecule has 0 saturated carbocycles. The lowest BCUT2D eigenvalue weighted by Crippen LogP contribution is -2.36. The van der Waals surface area contributed by atoms with Crippen molar-refractivity contribution in [2.24, 2.45) is 0 Å². The third-order valence-electron chi connectivity index (χ3n) is 2.59. The Morgan fingerprint density at radius 3 is 2.88 bits per heavy atom. The molecule has 2 N–H and O–H groups in total. The maximum Gasteiger partial charge on any atom is 0.320 e. The van der Waals surface area contributed by atoms with Gasteiger partial charge in [0.1, 0.15) is 6.04 Å². The minimum atomic E-state index is -0.760. The van der Waals surface area contributed by atoms with Crippen molar-refractivity contribution in [2.45, 2.75) is 38.8 Å². The summed E-state index contributed by atoms with van der Waals surface area (Å²) >= 11 is 2.25. The van der Waals surface area contributed by atoms with Crippen molar-refractivity contribution in [3.63, 3.8) is 0 Å². The van der Waals surface area contributed by atoms with E-state index in [1.54, 1.807) is 0 Å². The van der Waals surface area contributed by atoms with Gasteiger partial charge in [0, 0.05) is 10.1 Å². The van der Waals surface area contributed by atoms with Crippen molar-refractivity contribution in [2.75, 3.05) is 0 Å². The van der Waals surface area contributed by atoms with E-state index >= 15 is 0 Å². The van der Waals surface area contributed by atoms with E-state index in [0.29, 0.717) is 13.0 Å². The molecule has 4 heteroatoms. The van der Waals surface area contributed by atoms with Crippen LogP contribution in [-0.2, 0) is 11.3 Å². The summed E-state index contributed by atoms with van der Waals surface area (Å²) in [5.74, 6) is -0.760. The molecule has 0 aliphatic carbocycles. The summed E-state index contributed by atoms with van der Waals surface area (Å²) in [5, 5.41) is 12.2. The van der Waals surface area contributed by atoms with E-state index < -0.39 is 12.0 Å². The molecular formula is C13H18INO2. The van der Waals surface area contributed by atoms with Gasteiger partial charge in [-0.25, -0.2) is 0 Å². The second-order valence-electron chi connectivity index (χ2n) is 4.04. The van der Waals surface area contributed by atoms with Gasteiger partial charge in [-0.3, -0.25) is 4.79 Å². The number of carboxylic acids is 1. The second-order valence-corrected chi connectivity index (χ2v) is 5.29. The highest BCUT2D eigenvalue weighted by Gasteiger charge is 2.15. The standard InChI is InChI=1S/C13H18INO2/c1-2-3-7-12(13(16)17)15-9-10-5-4-6-11(14)8-10/h4-6,8,12,15H,2-3,7,9H2,1H3,(H,16,17). The van der Waals surface area contributed by atoms with Gasteiger partial charge < -0.3 is 10.4 Å². The lowest BCUT2D eigenvalue weighted by atomic mass is 10.1. The van der Waals surface area contributed by atoms with Crippen LogP contribution < -0.4 is 5.32 Å². The Morgan fingerprint density at radius 2 is 2.29 bits per heavy atom. The van der Waals surface area contributed by atoms with E-state index in [2.05, 4.69) is 40.9 Å². The quantitative estimate of drug-likeness (QED) is 0.746. The van der Waals surface area contributed by atoms with Gasteiger partial charge >= 0.3 is 5.97 Å². The number of halogens is 1. The van der Waals surface area contributed by atoms with E-state index in [4.69, 9.17) is 5.11 Å². The van der Waals surface area contributed by atoms with Crippen LogP contribution >= 0.6 is 22.6 Å². The van der Waals surface area contributed by atoms with Crippen LogP contribution in [0.3, 0.4) is 0 Å². The number of hydrogen-bond donors (Lipinski definition) is 2. The van der Waals surface area contributed by atoms with Crippen molar-refractivity contribution in [3.8, 4) is 0 Å². The molecular weight excluding hydrogens is 329 g/mol. The maximum absolute atomic E-state index is 11.0. The van der Waals surface area contributed by atoms with E-state index in [1.165, 1.54) is 3.57 Å². The van der Waals surface area contributed by atoms with E-state index in [-0.39, 0.29) is 0 Å². The number of aliphatic carboxylic acids is 1. The first-order chi connectivity index (χ1) is 8.13. The first-order valence-electron chi connectivity index (χ1n) is 5.84. The molecule has 1 rings (SSSR count). The van der Waals surface area contributed by atoms with Crippen molar-refractivity contribution < 1.29 is 9.90 Å². The molecule has 0 aliphatic heterocycles. The Morgan fingerprint density at radius 1 is 1.53 bits per heavy atom. The van der Waals surface area contributed by atoms with Crippen molar-refractivity contribution in [1.29, 1.82) is 0 Å². The average molecular weight is 347 g/mol. The Hall–Kier alpha value is -0.620. The molecule has 1 aromatic carbocycles. The van der Waals surface area contributed by atoms with Crippen LogP contribution in [0.25, 0.3) is 0 Å².